The Morgan fingerprint density at radius 1 is 1.15 bits per heavy atom. The Morgan fingerprint density at radius 3 is 2.79 bits per heavy atom. The van der Waals surface area contributed by atoms with Gasteiger partial charge in [-0.15, -0.1) is 0 Å². The molecule has 3 aromatic rings. The molecule has 8 heteroatoms. The van der Waals surface area contributed by atoms with Crippen molar-refractivity contribution in [3.63, 3.8) is 0 Å². The van der Waals surface area contributed by atoms with E-state index in [-0.39, 0.29) is 0 Å². The van der Waals surface area contributed by atoms with E-state index in [1.54, 1.807) is 25.6 Å². The topological polar surface area (TPSA) is 57.8 Å². The van der Waals surface area contributed by atoms with E-state index in [1.165, 1.54) is 12.2 Å². The first-order valence-corrected chi connectivity index (χ1v) is 11.2. The molecule has 5 rings (SSSR count). The second-order valence-corrected chi connectivity index (χ2v) is 8.60. The number of hydrogen-bond donors (Lipinski definition) is 0. The van der Waals surface area contributed by atoms with Crippen molar-refractivity contribution in [1.29, 1.82) is 0 Å². The van der Waals surface area contributed by atoms with Gasteiger partial charge in [-0.1, -0.05) is 24.3 Å². The summed E-state index contributed by atoms with van der Waals surface area (Å²) in [5.41, 5.74) is 2.27. The van der Waals surface area contributed by atoms with Crippen LogP contribution in [0.2, 0.25) is 0 Å². The molecule has 0 N–H and O–H groups in total. The van der Waals surface area contributed by atoms with E-state index in [9.17, 15) is 8.78 Å². The molecule has 1 aliphatic heterocycles. The molecular weight excluding hydrogens is 436 g/mol. The average Bonchev–Trinajstić information content (AvgIpc) is 3.47. The second-order valence-electron chi connectivity index (χ2n) is 8.60. The quantitative estimate of drug-likeness (QED) is 0.504. The summed E-state index contributed by atoms with van der Waals surface area (Å²) in [6.45, 7) is 2.69. The van der Waals surface area contributed by atoms with Crippen molar-refractivity contribution in [3.8, 4) is 11.4 Å². The molecule has 1 spiro atoms. The number of hydrogen-bond acceptors (Lipinski definition) is 4. The molecule has 1 aliphatic carbocycles. The van der Waals surface area contributed by atoms with E-state index in [2.05, 4.69) is 10.1 Å². The van der Waals surface area contributed by atoms with Crippen LogP contribution < -0.4 is 4.74 Å². The summed E-state index contributed by atoms with van der Waals surface area (Å²) < 4.78 is 37.0. The van der Waals surface area contributed by atoms with Crippen molar-refractivity contribution >= 4 is 12.2 Å². The number of aryl methyl sites for hydroxylation is 2. The minimum absolute atomic E-state index is 0.500. The second kappa shape index (κ2) is 8.85. The fourth-order valence-corrected chi connectivity index (χ4v) is 4.53. The Balaban J connectivity index is 1.43. The van der Waals surface area contributed by atoms with Gasteiger partial charge in [-0.05, 0) is 62.1 Å². The number of benzene rings is 1. The van der Waals surface area contributed by atoms with Gasteiger partial charge in [0.25, 0.3) is 0 Å². The molecule has 2 aliphatic rings. The normalized spacial score (nSPS) is 24.1. The highest BCUT2D eigenvalue weighted by molar-refractivity contribution is 5.69. The highest BCUT2D eigenvalue weighted by atomic mass is 19.2. The fourth-order valence-electron chi connectivity index (χ4n) is 4.53. The van der Waals surface area contributed by atoms with Crippen LogP contribution in [-0.4, -0.2) is 31.4 Å². The van der Waals surface area contributed by atoms with Crippen LogP contribution in [0.1, 0.15) is 42.2 Å². The molecule has 34 heavy (non-hydrogen) atoms. The average molecular weight is 462 g/mol. The SMILES string of the molecule is COc1cc(/C=C/c2nc3n(n2)CCCC32/C=C/C(F)=C(F)\C=C/C2)ccc1-n1cnc(C)c1. The van der Waals surface area contributed by atoms with Crippen molar-refractivity contribution in [2.24, 2.45) is 0 Å². The summed E-state index contributed by atoms with van der Waals surface area (Å²) in [5, 5.41) is 4.65. The van der Waals surface area contributed by atoms with Gasteiger partial charge in [0.15, 0.2) is 17.5 Å². The van der Waals surface area contributed by atoms with Crippen LogP contribution in [0.3, 0.4) is 0 Å². The van der Waals surface area contributed by atoms with Crippen LogP contribution in [0.25, 0.3) is 17.8 Å². The van der Waals surface area contributed by atoms with Crippen LogP contribution in [-0.2, 0) is 12.0 Å². The lowest BCUT2D eigenvalue weighted by atomic mass is 9.76. The van der Waals surface area contributed by atoms with Crippen LogP contribution >= 0.6 is 0 Å². The first-order chi connectivity index (χ1) is 16.5. The molecule has 0 amide bonds. The Morgan fingerprint density at radius 2 is 2.00 bits per heavy atom. The van der Waals surface area contributed by atoms with Gasteiger partial charge in [0.05, 0.1) is 30.2 Å². The number of aromatic nitrogens is 5. The van der Waals surface area contributed by atoms with Crippen LogP contribution in [0.4, 0.5) is 8.78 Å². The smallest absolute Gasteiger partial charge is 0.174 e. The first kappa shape index (κ1) is 22.0. The molecular formula is C26H25F2N5O. The number of allylic oxidation sites excluding steroid dienone is 6. The zero-order valence-corrected chi connectivity index (χ0v) is 19.1. The third kappa shape index (κ3) is 4.11. The van der Waals surface area contributed by atoms with Crippen molar-refractivity contribution in [2.75, 3.05) is 7.11 Å². The van der Waals surface area contributed by atoms with E-state index in [0.717, 1.165) is 47.9 Å². The van der Waals surface area contributed by atoms with Gasteiger partial charge in [-0.25, -0.2) is 23.4 Å². The Labute approximate surface area is 196 Å². The summed E-state index contributed by atoms with van der Waals surface area (Å²) in [6.07, 6.45) is 15.5. The minimum atomic E-state index is -0.865. The number of halogens is 2. The number of ether oxygens (including phenoxy) is 1. The predicted octanol–water partition coefficient (Wildman–Crippen LogP) is 5.65. The Bertz CT molecular complexity index is 1350. The third-order valence-corrected chi connectivity index (χ3v) is 6.27. The van der Waals surface area contributed by atoms with Gasteiger partial charge in [0.2, 0.25) is 0 Å². The number of nitrogens with zero attached hydrogens (tertiary/aromatic N) is 5. The molecule has 0 saturated heterocycles. The van der Waals surface area contributed by atoms with Gasteiger partial charge < -0.3 is 9.30 Å². The monoisotopic (exact) mass is 461 g/mol. The van der Waals surface area contributed by atoms with E-state index in [1.807, 2.05) is 52.7 Å². The number of rotatable bonds is 4. The van der Waals surface area contributed by atoms with Gasteiger partial charge >= 0.3 is 0 Å². The van der Waals surface area contributed by atoms with Crippen LogP contribution in [0.5, 0.6) is 5.75 Å². The standard InChI is InChI=1S/C26H25F2N5O/c1-18-16-32(17-29-18)22-8-6-19(15-23(22)34-2)7-9-24-30-25-26(12-4-14-33(25)31-24)11-3-5-20(27)21(28)10-13-26/h3,5-10,13,15-17H,4,11-12,14H2,1-2H3/b5-3-,9-7+,13-10+,21-20-. The first-order valence-electron chi connectivity index (χ1n) is 11.2. The number of imidazole rings is 1. The maximum Gasteiger partial charge on any atom is 0.174 e. The van der Waals surface area contributed by atoms with Crippen molar-refractivity contribution < 1.29 is 13.5 Å². The minimum Gasteiger partial charge on any atom is -0.495 e. The summed E-state index contributed by atoms with van der Waals surface area (Å²) in [7, 11) is 1.64. The largest absolute Gasteiger partial charge is 0.495 e. The van der Waals surface area contributed by atoms with Crippen LogP contribution in [0.15, 0.2) is 66.7 Å². The van der Waals surface area contributed by atoms with Crippen molar-refractivity contribution in [1.82, 2.24) is 24.3 Å². The zero-order chi connectivity index (χ0) is 23.7. The van der Waals surface area contributed by atoms with Crippen molar-refractivity contribution in [2.45, 2.75) is 38.1 Å². The molecule has 0 saturated carbocycles. The maximum atomic E-state index is 13.9. The molecule has 1 aromatic carbocycles. The lowest BCUT2D eigenvalue weighted by Crippen LogP contribution is -2.32. The molecule has 3 heterocycles. The van der Waals surface area contributed by atoms with Gasteiger partial charge in [-0.2, -0.15) is 5.10 Å². The predicted molar refractivity (Wildman–Crippen MR) is 127 cm³/mol. The molecule has 174 valence electrons. The molecule has 1 atom stereocenters. The number of methoxy groups -OCH3 is 1. The molecule has 2 aromatic heterocycles. The van der Waals surface area contributed by atoms with Gasteiger partial charge in [-0.3, -0.25) is 0 Å². The molecule has 6 nitrogen and oxygen atoms in total. The molecule has 0 fully saturated rings. The summed E-state index contributed by atoms with van der Waals surface area (Å²) in [4.78, 5) is 9.05. The summed E-state index contributed by atoms with van der Waals surface area (Å²) >= 11 is 0. The van der Waals surface area contributed by atoms with Crippen LogP contribution in [0, 0.1) is 6.92 Å². The summed E-state index contributed by atoms with van der Waals surface area (Å²) in [5.74, 6) is 0.361. The zero-order valence-electron chi connectivity index (χ0n) is 19.1. The van der Waals surface area contributed by atoms with E-state index in [4.69, 9.17) is 9.72 Å². The lowest BCUT2D eigenvalue weighted by molar-refractivity contribution is 0.344. The lowest BCUT2D eigenvalue weighted by Gasteiger charge is -2.33. The highest BCUT2D eigenvalue weighted by Gasteiger charge is 2.37. The van der Waals surface area contributed by atoms with E-state index >= 15 is 0 Å². The van der Waals surface area contributed by atoms with E-state index < -0.39 is 17.1 Å². The molecule has 0 radical (unpaired) electrons. The summed E-state index contributed by atoms with van der Waals surface area (Å²) in [6, 6.07) is 5.92. The maximum absolute atomic E-state index is 13.9. The highest BCUT2D eigenvalue weighted by Crippen LogP contribution is 2.39. The fraction of sp³-hybridized carbons (Fsp3) is 0.269. The van der Waals surface area contributed by atoms with Gasteiger partial charge in [0, 0.05) is 12.7 Å². The van der Waals surface area contributed by atoms with Crippen molar-refractivity contribution in [3.05, 3.63) is 89.6 Å². The Kier molecular flexibility index (Phi) is 5.73. The third-order valence-electron chi connectivity index (χ3n) is 6.27. The molecule has 1 unspecified atom stereocenters. The molecule has 0 bridgehead atoms. The van der Waals surface area contributed by atoms with E-state index in [0.29, 0.717) is 12.2 Å². The number of fused-ring (bicyclic) bond motifs is 2. The van der Waals surface area contributed by atoms with Gasteiger partial charge in [0.1, 0.15) is 11.6 Å². The Hall–Kier alpha value is -3.81.